The van der Waals surface area contributed by atoms with Crippen LogP contribution in [0.1, 0.15) is 29.3 Å². The molecule has 0 aliphatic heterocycles. The molecular weight excluding hydrogens is 298 g/mol. The smallest absolute Gasteiger partial charge is 0.224 e. The van der Waals surface area contributed by atoms with E-state index in [9.17, 15) is 9.59 Å². The van der Waals surface area contributed by atoms with E-state index in [1.807, 2.05) is 12.1 Å². The molecule has 0 aromatic heterocycles. The number of carbonyl (C=O) groups is 2. The van der Waals surface area contributed by atoms with E-state index in [1.54, 1.807) is 49.4 Å². The predicted octanol–water partition coefficient (Wildman–Crippen LogP) is 4.58. The zero-order chi connectivity index (χ0) is 15.9. The van der Waals surface area contributed by atoms with Crippen molar-refractivity contribution >= 4 is 35.1 Å². The minimum absolute atomic E-state index is 0.0540. The van der Waals surface area contributed by atoms with Crippen LogP contribution in [0, 0.1) is 0 Å². The molecule has 22 heavy (non-hydrogen) atoms. The average molecular weight is 314 g/mol. The third kappa shape index (κ3) is 4.57. The highest BCUT2D eigenvalue weighted by atomic mass is 35.5. The molecule has 4 heteroatoms. The maximum atomic E-state index is 12.1. The number of hydrogen-bond donors (Lipinski definition) is 1. The lowest BCUT2D eigenvalue weighted by Gasteiger charge is -2.03. The van der Waals surface area contributed by atoms with Crippen LogP contribution in [0.5, 0.6) is 0 Å². The van der Waals surface area contributed by atoms with Crippen LogP contribution in [-0.2, 0) is 4.79 Å². The van der Waals surface area contributed by atoms with E-state index in [2.05, 4.69) is 5.32 Å². The molecule has 0 radical (unpaired) electrons. The fraction of sp³-hybridized carbons (Fsp3) is 0.111. The highest BCUT2D eigenvalue weighted by Gasteiger charge is 2.03. The largest absolute Gasteiger partial charge is 0.326 e. The Morgan fingerprint density at radius 3 is 2.27 bits per heavy atom. The van der Waals surface area contributed by atoms with Crippen LogP contribution in [-0.4, -0.2) is 11.7 Å². The van der Waals surface area contributed by atoms with Crippen LogP contribution in [0.15, 0.2) is 54.6 Å². The highest BCUT2D eigenvalue weighted by Crippen LogP contribution is 2.13. The molecule has 112 valence electrons. The maximum absolute atomic E-state index is 12.1. The maximum Gasteiger partial charge on any atom is 0.224 e. The number of allylic oxidation sites excluding steroid dienone is 1. The number of carbonyl (C=O) groups excluding carboxylic acids is 2. The van der Waals surface area contributed by atoms with Crippen molar-refractivity contribution in [3.63, 3.8) is 0 Å². The number of amides is 1. The molecule has 1 amide bonds. The first-order chi connectivity index (χ1) is 10.6. The Balaban J connectivity index is 2.03. The molecule has 2 aromatic rings. The van der Waals surface area contributed by atoms with E-state index in [1.165, 1.54) is 6.08 Å². The van der Waals surface area contributed by atoms with E-state index >= 15 is 0 Å². The topological polar surface area (TPSA) is 46.2 Å². The Morgan fingerprint density at radius 1 is 1.05 bits per heavy atom. The van der Waals surface area contributed by atoms with Gasteiger partial charge >= 0.3 is 0 Å². The molecule has 3 nitrogen and oxygen atoms in total. The third-order valence-corrected chi connectivity index (χ3v) is 3.32. The first-order valence-corrected chi connectivity index (χ1v) is 7.34. The summed E-state index contributed by atoms with van der Waals surface area (Å²) in [6.07, 6.45) is 3.68. The summed E-state index contributed by atoms with van der Waals surface area (Å²) in [7, 11) is 0. The zero-order valence-corrected chi connectivity index (χ0v) is 12.9. The van der Waals surface area contributed by atoms with Crippen molar-refractivity contribution in [2.45, 2.75) is 13.3 Å². The molecule has 0 unspecified atom stereocenters. The van der Waals surface area contributed by atoms with Crippen molar-refractivity contribution in [1.82, 2.24) is 0 Å². The number of ketones is 1. The van der Waals surface area contributed by atoms with Crippen molar-refractivity contribution in [2.24, 2.45) is 0 Å². The molecule has 0 atom stereocenters. The number of hydrogen-bond acceptors (Lipinski definition) is 2. The standard InChI is InChI=1S/C18H16ClNO2/c1-2-18(22)20-16-10-6-14(7-11-16)17(21)12-5-13-3-8-15(19)9-4-13/h3-12H,2H2,1H3,(H,20,22)/b12-5+. The quantitative estimate of drug-likeness (QED) is 0.648. The highest BCUT2D eigenvalue weighted by molar-refractivity contribution is 6.30. The van der Waals surface area contributed by atoms with E-state index < -0.39 is 0 Å². The van der Waals surface area contributed by atoms with Crippen molar-refractivity contribution < 1.29 is 9.59 Å². The second-order valence-corrected chi connectivity index (χ2v) is 5.16. The van der Waals surface area contributed by atoms with Gasteiger partial charge in [0.05, 0.1) is 0 Å². The van der Waals surface area contributed by atoms with Gasteiger partial charge in [0.2, 0.25) is 5.91 Å². The van der Waals surface area contributed by atoms with E-state index in [-0.39, 0.29) is 11.7 Å². The normalized spacial score (nSPS) is 10.6. The second kappa shape index (κ2) is 7.57. The summed E-state index contributed by atoms with van der Waals surface area (Å²) in [5.74, 6) is -0.148. The lowest BCUT2D eigenvalue weighted by atomic mass is 10.1. The first-order valence-electron chi connectivity index (χ1n) is 6.96. The summed E-state index contributed by atoms with van der Waals surface area (Å²) < 4.78 is 0. The summed E-state index contributed by atoms with van der Waals surface area (Å²) in [5, 5.41) is 3.40. The lowest BCUT2D eigenvalue weighted by Crippen LogP contribution is -2.09. The molecule has 1 N–H and O–H groups in total. The summed E-state index contributed by atoms with van der Waals surface area (Å²) in [4.78, 5) is 23.4. The fourth-order valence-electron chi connectivity index (χ4n) is 1.81. The SMILES string of the molecule is CCC(=O)Nc1ccc(C(=O)/C=C/c2ccc(Cl)cc2)cc1. The Morgan fingerprint density at radius 2 is 1.68 bits per heavy atom. The molecule has 0 aliphatic rings. The van der Waals surface area contributed by atoms with Gasteiger partial charge in [-0.05, 0) is 48.0 Å². The molecule has 0 spiro atoms. The van der Waals surface area contributed by atoms with Crippen molar-refractivity contribution in [3.05, 3.63) is 70.8 Å². The Labute approximate surface area is 134 Å². The molecule has 0 saturated heterocycles. The predicted molar refractivity (Wildman–Crippen MR) is 90.2 cm³/mol. The van der Waals surface area contributed by atoms with Crippen LogP contribution in [0.4, 0.5) is 5.69 Å². The Hall–Kier alpha value is -2.39. The number of nitrogens with one attached hydrogen (secondary N) is 1. The minimum atomic E-state index is -0.0941. The van der Waals surface area contributed by atoms with Crippen LogP contribution in [0.2, 0.25) is 5.02 Å². The van der Waals surface area contributed by atoms with Crippen LogP contribution < -0.4 is 5.32 Å². The zero-order valence-electron chi connectivity index (χ0n) is 12.2. The minimum Gasteiger partial charge on any atom is -0.326 e. The summed E-state index contributed by atoms with van der Waals surface area (Å²) in [6, 6.07) is 14.1. The van der Waals surface area contributed by atoms with Gasteiger partial charge in [-0.1, -0.05) is 36.7 Å². The molecule has 0 aliphatic carbocycles. The molecule has 0 saturated carbocycles. The molecule has 0 fully saturated rings. The van der Waals surface area contributed by atoms with Gasteiger partial charge in [-0.2, -0.15) is 0 Å². The molecule has 2 rings (SSSR count). The van der Waals surface area contributed by atoms with Gasteiger partial charge in [0, 0.05) is 22.7 Å². The van der Waals surface area contributed by atoms with Crippen LogP contribution >= 0.6 is 11.6 Å². The van der Waals surface area contributed by atoms with Gasteiger partial charge in [0.1, 0.15) is 0 Å². The van der Waals surface area contributed by atoms with E-state index in [0.717, 1.165) is 5.56 Å². The molecule has 2 aromatic carbocycles. The average Bonchev–Trinajstić information content (AvgIpc) is 2.54. The van der Waals surface area contributed by atoms with Gasteiger partial charge in [-0.25, -0.2) is 0 Å². The fourth-order valence-corrected chi connectivity index (χ4v) is 1.94. The third-order valence-electron chi connectivity index (χ3n) is 3.07. The summed E-state index contributed by atoms with van der Waals surface area (Å²) in [5.41, 5.74) is 2.16. The van der Waals surface area contributed by atoms with Crippen molar-refractivity contribution in [1.29, 1.82) is 0 Å². The Kier molecular flexibility index (Phi) is 5.50. The molecule has 0 bridgehead atoms. The number of rotatable bonds is 5. The van der Waals surface area contributed by atoms with E-state index in [0.29, 0.717) is 22.7 Å². The summed E-state index contributed by atoms with van der Waals surface area (Å²) in [6.45, 7) is 1.79. The monoisotopic (exact) mass is 313 g/mol. The van der Waals surface area contributed by atoms with E-state index in [4.69, 9.17) is 11.6 Å². The number of halogens is 1. The molecular formula is C18H16ClNO2. The van der Waals surface area contributed by atoms with Gasteiger partial charge < -0.3 is 5.32 Å². The first kappa shape index (κ1) is 16.0. The van der Waals surface area contributed by atoms with Gasteiger partial charge in [-0.15, -0.1) is 0 Å². The number of anilines is 1. The van der Waals surface area contributed by atoms with Gasteiger partial charge in [0.25, 0.3) is 0 Å². The van der Waals surface area contributed by atoms with Crippen molar-refractivity contribution in [3.8, 4) is 0 Å². The van der Waals surface area contributed by atoms with Crippen LogP contribution in [0.25, 0.3) is 6.08 Å². The Bertz CT molecular complexity index is 688. The van der Waals surface area contributed by atoms with Gasteiger partial charge in [0.15, 0.2) is 5.78 Å². The number of benzene rings is 2. The van der Waals surface area contributed by atoms with Crippen LogP contribution in [0.3, 0.4) is 0 Å². The molecule has 0 heterocycles. The second-order valence-electron chi connectivity index (χ2n) is 4.73. The lowest BCUT2D eigenvalue weighted by molar-refractivity contribution is -0.115. The van der Waals surface area contributed by atoms with Crippen molar-refractivity contribution in [2.75, 3.05) is 5.32 Å². The van der Waals surface area contributed by atoms with Gasteiger partial charge in [-0.3, -0.25) is 9.59 Å². The summed E-state index contributed by atoms with van der Waals surface area (Å²) >= 11 is 5.81.